The van der Waals surface area contributed by atoms with Crippen molar-refractivity contribution in [1.29, 1.82) is 0 Å². The molecule has 56 valence electrons. The first-order chi connectivity index (χ1) is 3.95. The number of hydrogen-bond acceptors (Lipinski definition) is 1. The maximum Gasteiger partial charge on any atom is 0.112 e. The minimum atomic E-state index is -0.0236. The van der Waals surface area contributed by atoms with Gasteiger partial charge in [0.25, 0.3) is 0 Å². The lowest BCUT2D eigenvalue weighted by molar-refractivity contribution is -0.0168. The van der Waals surface area contributed by atoms with Crippen LogP contribution in [0.3, 0.4) is 0 Å². The number of alkyl halides is 1. The van der Waals surface area contributed by atoms with E-state index in [1.807, 2.05) is 0 Å². The Kier molecular flexibility index (Phi) is 3.74. The van der Waals surface area contributed by atoms with E-state index in [1.54, 1.807) is 0 Å². The Balaban J connectivity index is 3.47. The summed E-state index contributed by atoms with van der Waals surface area (Å²) in [6, 6.07) is 0. The maximum absolute atomic E-state index is 5.50. The molecule has 0 aliphatic heterocycles. The molecule has 1 unspecified atom stereocenters. The number of halogens is 1. The molecule has 0 saturated heterocycles. The predicted molar refractivity (Wildman–Crippen MR) is 43.8 cm³/mol. The Hall–Kier alpha value is 0.440. The van der Waals surface area contributed by atoms with E-state index in [0.717, 1.165) is 6.42 Å². The van der Waals surface area contributed by atoms with Crippen molar-refractivity contribution < 1.29 is 4.74 Å². The van der Waals surface area contributed by atoms with Crippen molar-refractivity contribution in [3.63, 3.8) is 0 Å². The molecule has 0 aromatic heterocycles. The first-order valence-corrected chi connectivity index (χ1v) is 4.19. The molecule has 0 bridgehead atoms. The summed E-state index contributed by atoms with van der Waals surface area (Å²) in [7, 11) is 0. The van der Waals surface area contributed by atoms with Crippen LogP contribution in [-0.2, 0) is 4.74 Å². The molecule has 0 spiro atoms. The maximum atomic E-state index is 5.50. The summed E-state index contributed by atoms with van der Waals surface area (Å²) in [5.41, 5.74) is -0.0236. The molecule has 0 fully saturated rings. The second-order valence-corrected chi connectivity index (χ2v) is 4.07. The highest BCUT2D eigenvalue weighted by Gasteiger charge is 2.13. The van der Waals surface area contributed by atoms with Gasteiger partial charge in [0.05, 0.1) is 5.60 Å². The topological polar surface area (TPSA) is 9.23 Å². The van der Waals surface area contributed by atoms with Crippen LogP contribution in [-0.4, -0.2) is 10.6 Å². The molecule has 0 heterocycles. The third kappa shape index (κ3) is 6.32. The molecule has 1 atom stereocenters. The smallest absolute Gasteiger partial charge is 0.112 e. The van der Waals surface area contributed by atoms with Gasteiger partial charge in [0.2, 0.25) is 0 Å². The fraction of sp³-hybridized carbons (Fsp3) is 1.00. The van der Waals surface area contributed by atoms with Gasteiger partial charge in [-0.25, -0.2) is 0 Å². The standard InChI is InChI=1S/C7H15BrO/c1-5-6(8)9-7(2,3)4/h6H,5H2,1-4H3. The van der Waals surface area contributed by atoms with E-state index < -0.39 is 0 Å². The van der Waals surface area contributed by atoms with Crippen molar-refractivity contribution in [3.05, 3.63) is 0 Å². The third-order valence-electron chi connectivity index (χ3n) is 0.802. The van der Waals surface area contributed by atoms with Crippen LogP contribution in [0, 0.1) is 0 Å². The summed E-state index contributed by atoms with van der Waals surface area (Å²) in [6.45, 7) is 8.25. The molecule has 0 aliphatic rings. The van der Waals surface area contributed by atoms with Crippen molar-refractivity contribution in [2.24, 2.45) is 0 Å². The Morgan fingerprint density at radius 3 is 2.00 bits per heavy atom. The molecule has 0 aromatic rings. The van der Waals surface area contributed by atoms with Crippen molar-refractivity contribution in [2.45, 2.75) is 44.7 Å². The monoisotopic (exact) mass is 194 g/mol. The molecule has 0 radical (unpaired) electrons. The molecule has 0 aliphatic carbocycles. The van der Waals surface area contributed by atoms with E-state index in [4.69, 9.17) is 4.74 Å². The van der Waals surface area contributed by atoms with Gasteiger partial charge in [-0.1, -0.05) is 22.9 Å². The van der Waals surface area contributed by atoms with E-state index >= 15 is 0 Å². The molecule has 1 nitrogen and oxygen atoms in total. The van der Waals surface area contributed by atoms with Crippen LogP contribution in [0.5, 0.6) is 0 Å². The van der Waals surface area contributed by atoms with Gasteiger partial charge in [-0.15, -0.1) is 0 Å². The first kappa shape index (κ1) is 9.44. The quantitative estimate of drug-likeness (QED) is 0.615. The van der Waals surface area contributed by atoms with E-state index in [1.165, 1.54) is 0 Å². The predicted octanol–water partition coefficient (Wildman–Crippen LogP) is 2.93. The molecule has 0 saturated carbocycles. The summed E-state index contributed by atoms with van der Waals surface area (Å²) < 4.78 is 5.50. The Bertz CT molecular complexity index is 75.5. The summed E-state index contributed by atoms with van der Waals surface area (Å²) in [4.78, 5) is 0. The van der Waals surface area contributed by atoms with Crippen molar-refractivity contribution in [1.82, 2.24) is 0 Å². The van der Waals surface area contributed by atoms with Crippen LogP contribution in [0.15, 0.2) is 0 Å². The molecular weight excluding hydrogens is 180 g/mol. The number of rotatable bonds is 2. The fourth-order valence-corrected chi connectivity index (χ4v) is 1.03. The van der Waals surface area contributed by atoms with Crippen molar-refractivity contribution >= 4 is 15.9 Å². The lowest BCUT2D eigenvalue weighted by atomic mass is 10.2. The molecule has 9 heavy (non-hydrogen) atoms. The van der Waals surface area contributed by atoms with Crippen LogP contribution in [0.4, 0.5) is 0 Å². The second kappa shape index (κ2) is 3.57. The average molecular weight is 195 g/mol. The lowest BCUT2D eigenvalue weighted by Crippen LogP contribution is -2.23. The van der Waals surface area contributed by atoms with Gasteiger partial charge in [0, 0.05) is 0 Å². The van der Waals surface area contributed by atoms with E-state index in [-0.39, 0.29) is 10.6 Å². The highest BCUT2D eigenvalue weighted by molar-refractivity contribution is 9.09. The first-order valence-electron chi connectivity index (χ1n) is 3.27. The second-order valence-electron chi connectivity index (χ2n) is 3.05. The highest BCUT2D eigenvalue weighted by atomic mass is 79.9. The Morgan fingerprint density at radius 2 is 1.89 bits per heavy atom. The summed E-state index contributed by atoms with van der Waals surface area (Å²) >= 11 is 3.39. The normalized spacial score (nSPS) is 15.7. The largest absolute Gasteiger partial charge is 0.361 e. The van der Waals surface area contributed by atoms with E-state index in [9.17, 15) is 0 Å². The molecule has 0 aromatic carbocycles. The third-order valence-corrected chi connectivity index (χ3v) is 1.64. The summed E-state index contributed by atoms with van der Waals surface area (Å²) in [5.74, 6) is 0. The van der Waals surface area contributed by atoms with Gasteiger partial charge in [-0.05, 0) is 27.2 Å². The van der Waals surface area contributed by atoms with Crippen molar-refractivity contribution in [3.8, 4) is 0 Å². The van der Waals surface area contributed by atoms with Crippen LogP contribution >= 0.6 is 15.9 Å². The summed E-state index contributed by atoms with van der Waals surface area (Å²) in [6.07, 6.45) is 1.01. The molecular formula is C7H15BrO. The number of hydrogen-bond donors (Lipinski definition) is 0. The van der Waals surface area contributed by atoms with Gasteiger partial charge < -0.3 is 4.74 Å². The number of ether oxygens (including phenoxy) is 1. The SMILES string of the molecule is CCC(Br)OC(C)(C)C. The summed E-state index contributed by atoms with van der Waals surface area (Å²) in [5, 5.41) is 0.206. The zero-order valence-electron chi connectivity index (χ0n) is 6.57. The van der Waals surface area contributed by atoms with Gasteiger partial charge in [-0.2, -0.15) is 0 Å². The van der Waals surface area contributed by atoms with Crippen LogP contribution in [0.25, 0.3) is 0 Å². The highest BCUT2D eigenvalue weighted by Crippen LogP contribution is 2.16. The van der Waals surface area contributed by atoms with E-state index in [2.05, 4.69) is 43.6 Å². The molecule has 0 amide bonds. The lowest BCUT2D eigenvalue weighted by Gasteiger charge is -2.22. The van der Waals surface area contributed by atoms with Gasteiger partial charge in [0.15, 0.2) is 0 Å². The molecule has 0 N–H and O–H groups in total. The minimum Gasteiger partial charge on any atom is -0.361 e. The van der Waals surface area contributed by atoms with Crippen LogP contribution < -0.4 is 0 Å². The Morgan fingerprint density at radius 1 is 1.44 bits per heavy atom. The van der Waals surface area contributed by atoms with E-state index in [0.29, 0.717) is 0 Å². The van der Waals surface area contributed by atoms with Gasteiger partial charge in [-0.3, -0.25) is 0 Å². The van der Waals surface area contributed by atoms with Crippen molar-refractivity contribution in [2.75, 3.05) is 0 Å². The van der Waals surface area contributed by atoms with Crippen LogP contribution in [0.2, 0.25) is 0 Å². The van der Waals surface area contributed by atoms with Crippen LogP contribution in [0.1, 0.15) is 34.1 Å². The Labute approximate surface area is 65.9 Å². The minimum absolute atomic E-state index is 0.0236. The molecule has 2 heteroatoms. The zero-order chi connectivity index (χ0) is 7.49. The fourth-order valence-electron chi connectivity index (χ4n) is 0.467. The average Bonchev–Trinajstić information content (AvgIpc) is 1.62. The molecule has 0 rings (SSSR count). The zero-order valence-corrected chi connectivity index (χ0v) is 8.16. The van der Waals surface area contributed by atoms with Gasteiger partial charge >= 0.3 is 0 Å². The van der Waals surface area contributed by atoms with Gasteiger partial charge in [0.1, 0.15) is 5.01 Å².